The van der Waals surface area contributed by atoms with Gasteiger partial charge < -0.3 is 4.90 Å². The highest BCUT2D eigenvalue weighted by Gasteiger charge is 2.35. The molecule has 1 unspecified atom stereocenters. The quantitative estimate of drug-likeness (QED) is 0.319. The van der Waals surface area contributed by atoms with E-state index in [0.717, 1.165) is 24.4 Å². The second-order valence-electron chi connectivity index (χ2n) is 17.6. The lowest BCUT2D eigenvalue weighted by Gasteiger charge is -2.40. The van der Waals surface area contributed by atoms with Gasteiger partial charge in [-0.05, 0) is 122 Å². The molecule has 0 aromatic carbocycles. The van der Waals surface area contributed by atoms with Crippen molar-refractivity contribution < 1.29 is 0 Å². The lowest BCUT2D eigenvalue weighted by Crippen LogP contribution is -2.41. The van der Waals surface area contributed by atoms with Gasteiger partial charge in [0.2, 0.25) is 0 Å². The zero-order chi connectivity index (χ0) is 30.4. The third-order valence-corrected chi connectivity index (χ3v) is 9.78. The van der Waals surface area contributed by atoms with Crippen molar-refractivity contribution >= 4 is 0 Å². The van der Waals surface area contributed by atoms with E-state index in [1.165, 1.54) is 58.4 Å². The molecule has 232 valence electrons. The summed E-state index contributed by atoms with van der Waals surface area (Å²) in [4.78, 5) is 7.74. The highest BCUT2D eigenvalue weighted by molar-refractivity contribution is 5.14. The first kappa shape index (κ1) is 36.6. The van der Waals surface area contributed by atoms with Crippen molar-refractivity contribution in [1.29, 1.82) is 0 Å². The third-order valence-electron chi connectivity index (χ3n) is 9.78. The van der Waals surface area contributed by atoms with E-state index in [0.29, 0.717) is 27.8 Å². The van der Waals surface area contributed by atoms with Gasteiger partial charge in [0.1, 0.15) is 0 Å². The molecule has 0 amide bonds. The van der Waals surface area contributed by atoms with E-state index in [2.05, 4.69) is 132 Å². The minimum absolute atomic E-state index is 0.361. The molecule has 0 spiro atoms. The normalized spacial score (nSPS) is 23.3. The number of piperidine rings is 1. The van der Waals surface area contributed by atoms with E-state index >= 15 is 0 Å². The third kappa shape index (κ3) is 13.0. The fourth-order valence-corrected chi connectivity index (χ4v) is 6.19. The van der Waals surface area contributed by atoms with Gasteiger partial charge in [0.15, 0.2) is 0 Å². The topological polar surface area (TPSA) is 9.72 Å². The van der Waals surface area contributed by atoms with E-state index in [1.807, 2.05) is 0 Å². The summed E-state index contributed by atoms with van der Waals surface area (Å²) in [5, 5.41) is 0. The molecule has 3 heterocycles. The Labute approximate surface area is 247 Å². The summed E-state index contributed by atoms with van der Waals surface area (Å²) in [7, 11) is 0. The average Bonchev–Trinajstić information content (AvgIpc) is 3.31. The molecule has 0 N–H and O–H groups in total. The van der Waals surface area contributed by atoms with E-state index in [-0.39, 0.29) is 0 Å². The van der Waals surface area contributed by atoms with Crippen LogP contribution in [0, 0.1) is 28.1 Å². The first-order valence-electron chi connectivity index (χ1n) is 16.5. The van der Waals surface area contributed by atoms with E-state index in [9.17, 15) is 0 Å². The van der Waals surface area contributed by atoms with Gasteiger partial charge in [-0.15, -0.1) is 0 Å². The highest BCUT2D eigenvalue weighted by Crippen LogP contribution is 2.36. The lowest BCUT2D eigenvalue weighted by atomic mass is 9.75. The first-order valence-corrected chi connectivity index (χ1v) is 16.5. The van der Waals surface area contributed by atoms with Crippen molar-refractivity contribution in [3.8, 4) is 0 Å². The molecule has 3 nitrogen and oxygen atoms in total. The Morgan fingerprint density at radius 2 is 1.08 bits per heavy atom. The Morgan fingerprint density at radius 3 is 1.36 bits per heavy atom. The van der Waals surface area contributed by atoms with Crippen molar-refractivity contribution in [2.24, 2.45) is 28.1 Å². The number of rotatable bonds is 2. The number of hydrogen-bond donors (Lipinski definition) is 0. The highest BCUT2D eigenvalue weighted by atomic mass is 15.2. The molecule has 39 heavy (non-hydrogen) atoms. The fraction of sp³-hybridized carbons (Fsp3) is 0.944. The minimum Gasteiger partial charge on any atom is -0.301 e. The van der Waals surface area contributed by atoms with Crippen molar-refractivity contribution in [3.05, 3.63) is 11.6 Å². The first-order chi connectivity index (χ1) is 17.5. The number of likely N-dealkylation sites (tertiary alicyclic amines) is 2. The van der Waals surface area contributed by atoms with Crippen LogP contribution < -0.4 is 0 Å². The van der Waals surface area contributed by atoms with Gasteiger partial charge in [-0.1, -0.05) is 74.0 Å². The molecule has 0 bridgehead atoms. The van der Waals surface area contributed by atoms with Crippen LogP contribution in [0.4, 0.5) is 0 Å². The van der Waals surface area contributed by atoms with Crippen molar-refractivity contribution in [1.82, 2.24) is 14.7 Å². The molecule has 1 atom stereocenters. The SMILES string of the molecule is CC(C)(C)C1CCN(C(C)(C)C)C1.CC(C)N1CC=C(C(C)(C)C)CC1.CC(C)N1CCC(C(C)(C)C)CC1. The monoisotopic (exact) mass is 548 g/mol. The van der Waals surface area contributed by atoms with Crippen molar-refractivity contribution in [3.63, 3.8) is 0 Å². The molecule has 0 aliphatic carbocycles. The summed E-state index contributed by atoms with van der Waals surface area (Å²) in [5.41, 5.74) is 3.37. The summed E-state index contributed by atoms with van der Waals surface area (Å²) in [5.74, 6) is 1.81. The van der Waals surface area contributed by atoms with Crippen molar-refractivity contribution in [2.45, 2.75) is 154 Å². The van der Waals surface area contributed by atoms with Crippen LogP contribution in [0.3, 0.4) is 0 Å². The Bertz CT molecular complexity index is 692. The Balaban J connectivity index is 0.000000292. The summed E-state index contributed by atoms with van der Waals surface area (Å²) in [6.07, 6.45) is 7.83. The lowest BCUT2D eigenvalue weighted by molar-refractivity contribution is 0.0930. The summed E-state index contributed by atoms with van der Waals surface area (Å²) in [6.45, 7) is 44.8. The van der Waals surface area contributed by atoms with Gasteiger partial charge in [-0.2, -0.15) is 0 Å². The molecule has 0 aromatic rings. The maximum atomic E-state index is 2.61. The largest absolute Gasteiger partial charge is 0.301 e. The van der Waals surface area contributed by atoms with Crippen LogP contribution in [0.1, 0.15) is 136 Å². The van der Waals surface area contributed by atoms with Gasteiger partial charge in [0.25, 0.3) is 0 Å². The molecule has 2 saturated heterocycles. The van der Waals surface area contributed by atoms with Gasteiger partial charge in [0, 0.05) is 37.3 Å². The smallest absolute Gasteiger partial charge is 0.0168 e. The Kier molecular flexibility index (Phi) is 13.8. The van der Waals surface area contributed by atoms with Crippen molar-refractivity contribution in [2.75, 3.05) is 39.3 Å². The van der Waals surface area contributed by atoms with E-state index in [4.69, 9.17) is 0 Å². The number of nitrogens with zero attached hydrogens (tertiary/aromatic N) is 3. The molecule has 3 heteroatoms. The molecule has 2 fully saturated rings. The molecule has 0 aromatic heterocycles. The summed E-state index contributed by atoms with van der Waals surface area (Å²) >= 11 is 0. The van der Waals surface area contributed by atoms with Gasteiger partial charge in [0.05, 0.1) is 0 Å². The van der Waals surface area contributed by atoms with Crippen LogP contribution in [-0.4, -0.2) is 71.6 Å². The Morgan fingerprint density at radius 1 is 0.615 bits per heavy atom. The molecule has 3 aliphatic rings. The van der Waals surface area contributed by atoms with Crippen LogP contribution in [0.15, 0.2) is 11.6 Å². The molecular formula is C36H73N3. The zero-order valence-corrected chi connectivity index (χ0v) is 29.8. The number of hydrogen-bond acceptors (Lipinski definition) is 3. The van der Waals surface area contributed by atoms with Gasteiger partial charge in [-0.25, -0.2) is 0 Å². The molecular weight excluding hydrogens is 474 g/mol. The maximum absolute atomic E-state index is 2.61. The van der Waals surface area contributed by atoms with Gasteiger partial charge in [-0.3, -0.25) is 9.80 Å². The summed E-state index contributed by atoms with van der Waals surface area (Å²) in [6, 6.07) is 1.43. The summed E-state index contributed by atoms with van der Waals surface area (Å²) < 4.78 is 0. The van der Waals surface area contributed by atoms with Gasteiger partial charge >= 0.3 is 0 Å². The second kappa shape index (κ2) is 14.7. The van der Waals surface area contributed by atoms with Crippen LogP contribution in [0.25, 0.3) is 0 Å². The standard InChI is InChI=1S/2C12H25N.C12H23N/c1-11(2,3)10-7-8-13(9-10)12(4,5)6;2*1-10(2)13-8-6-11(7-9-13)12(3,4)5/h10H,7-9H2,1-6H3;10-11H,6-9H2,1-5H3;6,10H,7-9H2,1-5H3. The molecule has 3 rings (SSSR count). The van der Waals surface area contributed by atoms with Crippen LogP contribution in [-0.2, 0) is 0 Å². The Hall–Kier alpha value is -0.380. The maximum Gasteiger partial charge on any atom is 0.0168 e. The predicted molar refractivity (Wildman–Crippen MR) is 177 cm³/mol. The predicted octanol–water partition coefficient (Wildman–Crippen LogP) is 9.38. The van der Waals surface area contributed by atoms with E-state index in [1.54, 1.807) is 5.57 Å². The molecule has 0 saturated carbocycles. The molecule has 0 radical (unpaired) electrons. The zero-order valence-electron chi connectivity index (χ0n) is 29.8. The van der Waals surface area contributed by atoms with Crippen LogP contribution in [0.2, 0.25) is 0 Å². The van der Waals surface area contributed by atoms with E-state index < -0.39 is 0 Å². The van der Waals surface area contributed by atoms with Crippen LogP contribution >= 0.6 is 0 Å². The second-order valence-corrected chi connectivity index (χ2v) is 17.6. The average molecular weight is 548 g/mol. The van der Waals surface area contributed by atoms with Crippen LogP contribution in [0.5, 0.6) is 0 Å². The fourth-order valence-electron chi connectivity index (χ4n) is 6.19. The molecule has 3 aliphatic heterocycles. The minimum atomic E-state index is 0.361.